The Morgan fingerprint density at radius 1 is 1.14 bits per heavy atom. The van der Waals surface area contributed by atoms with Gasteiger partial charge >= 0.3 is 0 Å². The quantitative estimate of drug-likeness (QED) is 0.351. The van der Waals surface area contributed by atoms with Gasteiger partial charge < -0.3 is 20.7 Å². The number of aliphatic imine (C=N–C) groups is 1. The van der Waals surface area contributed by atoms with Gasteiger partial charge in [-0.25, -0.2) is 4.99 Å². The molecule has 0 bridgehead atoms. The van der Waals surface area contributed by atoms with E-state index in [0.29, 0.717) is 31.2 Å². The smallest absolute Gasteiger partial charge is 0.252 e. The number of hydrogen-bond donors (Lipinski definition) is 3. The average Bonchev–Trinajstić information content (AvgIpc) is 2.71. The van der Waals surface area contributed by atoms with Gasteiger partial charge in [0.2, 0.25) is 0 Å². The highest BCUT2D eigenvalue weighted by molar-refractivity contribution is 5.93. The van der Waals surface area contributed by atoms with E-state index in [9.17, 15) is 4.79 Å². The molecular formula is C21H29N5O2. The van der Waals surface area contributed by atoms with Crippen molar-refractivity contribution in [3.63, 3.8) is 0 Å². The molecule has 1 unspecified atom stereocenters. The van der Waals surface area contributed by atoms with E-state index < -0.39 is 0 Å². The number of nitrogens with zero attached hydrogens (tertiary/aromatic N) is 2. The lowest BCUT2D eigenvalue weighted by Gasteiger charge is -2.16. The second kappa shape index (κ2) is 11.6. The summed E-state index contributed by atoms with van der Waals surface area (Å²) >= 11 is 0. The van der Waals surface area contributed by atoms with Gasteiger partial charge in [0.1, 0.15) is 11.9 Å². The van der Waals surface area contributed by atoms with Crippen LogP contribution in [0.2, 0.25) is 0 Å². The number of benzene rings is 1. The SMILES string of the molecule is CCNC(=NCC(C)Oc1ccccc1C)NCCNC(=O)c1cccnc1. The summed E-state index contributed by atoms with van der Waals surface area (Å²) in [6.07, 6.45) is 3.13. The molecule has 1 amide bonds. The van der Waals surface area contributed by atoms with Crippen LogP contribution in [0.3, 0.4) is 0 Å². The number of pyridine rings is 1. The number of hydrogen-bond acceptors (Lipinski definition) is 4. The van der Waals surface area contributed by atoms with Crippen molar-refractivity contribution in [2.75, 3.05) is 26.2 Å². The fraction of sp³-hybridized carbons (Fsp3) is 0.381. The van der Waals surface area contributed by atoms with Crippen LogP contribution in [0.15, 0.2) is 53.8 Å². The van der Waals surface area contributed by atoms with E-state index in [2.05, 4.69) is 25.9 Å². The van der Waals surface area contributed by atoms with Gasteiger partial charge in [-0.3, -0.25) is 9.78 Å². The van der Waals surface area contributed by atoms with Gasteiger partial charge in [0.05, 0.1) is 12.1 Å². The highest BCUT2D eigenvalue weighted by Gasteiger charge is 2.07. The zero-order valence-electron chi connectivity index (χ0n) is 16.7. The van der Waals surface area contributed by atoms with Crippen LogP contribution >= 0.6 is 0 Å². The lowest BCUT2D eigenvalue weighted by Crippen LogP contribution is -2.42. The lowest BCUT2D eigenvalue weighted by molar-refractivity contribution is 0.0954. The normalized spacial score (nSPS) is 12.2. The number of para-hydroxylation sites is 1. The molecule has 7 heteroatoms. The van der Waals surface area contributed by atoms with Crippen LogP contribution in [0.5, 0.6) is 5.75 Å². The zero-order chi connectivity index (χ0) is 20.2. The van der Waals surface area contributed by atoms with E-state index in [-0.39, 0.29) is 12.0 Å². The number of aromatic nitrogens is 1. The molecule has 3 N–H and O–H groups in total. The maximum atomic E-state index is 12.0. The van der Waals surface area contributed by atoms with Crippen LogP contribution in [-0.4, -0.2) is 49.1 Å². The van der Waals surface area contributed by atoms with Gasteiger partial charge in [0.15, 0.2) is 5.96 Å². The summed E-state index contributed by atoms with van der Waals surface area (Å²) in [4.78, 5) is 20.5. The molecule has 0 fully saturated rings. The van der Waals surface area contributed by atoms with E-state index in [1.807, 2.05) is 45.0 Å². The van der Waals surface area contributed by atoms with Crippen LogP contribution in [-0.2, 0) is 0 Å². The third-order valence-electron chi connectivity index (χ3n) is 3.90. The Hall–Kier alpha value is -3.09. The predicted molar refractivity (Wildman–Crippen MR) is 112 cm³/mol. The molecule has 1 heterocycles. The second-order valence-corrected chi connectivity index (χ2v) is 6.34. The summed E-state index contributed by atoms with van der Waals surface area (Å²) in [5, 5.41) is 9.26. The van der Waals surface area contributed by atoms with Gasteiger partial charge in [-0.1, -0.05) is 18.2 Å². The van der Waals surface area contributed by atoms with Crippen LogP contribution < -0.4 is 20.7 Å². The molecule has 1 atom stereocenters. The molecule has 2 aromatic rings. The van der Waals surface area contributed by atoms with Crippen molar-refractivity contribution in [2.24, 2.45) is 4.99 Å². The monoisotopic (exact) mass is 383 g/mol. The first-order valence-electron chi connectivity index (χ1n) is 9.52. The van der Waals surface area contributed by atoms with Crippen molar-refractivity contribution in [1.29, 1.82) is 0 Å². The van der Waals surface area contributed by atoms with Gasteiger partial charge in [-0.05, 0) is 44.5 Å². The Morgan fingerprint density at radius 2 is 1.93 bits per heavy atom. The number of amides is 1. The maximum Gasteiger partial charge on any atom is 0.252 e. The molecular weight excluding hydrogens is 354 g/mol. The first-order valence-corrected chi connectivity index (χ1v) is 9.52. The summed E-state index contributed by atoms with van der Waals surface area (Å²) < 4.78 is 5.95. The van der Waals surface area contributed by atoms with Gasteiger partial charge in [-0.2, -0.15) is 0 Å². The molecule has 0 aliphatic heterocycles. The molecule has 1 aromatic heterocycles. The lowest BCUT2D eigenvalue weighted by atomic mass is 10.2. The Labute approximate surface area is 166 Å². The Bertz CT molecular complexity index is 764. The molecule has 0 spiro atoms. The standard InChI is InChI=1S/C21H29N5O2/c1-4-23-21(25-13-12-24-20(27)18-9-7-11-22-15-18)26-14-17(3)28-19-10-6-5-8-16(19)2/h5-11,15,17H,4,12-14H2,1-3H3,(H,24,27)(H2,23,25,26). The molecule has 0 saturated heterocycles. The topological polar surface area (TPSA) is 87.6 Å². The fourth-order valence-corrected chi connectivity index (χ4v) is 2.46. The van der Waals surface area contributed by atoms with Crippen LogP contribution in [0.4, 0.5) is 0 Å². The average molecular weight is 383 g/mol. The molecule has 0 saturated carbocycles. The van der Waals surface area contributed by atoms with Crippen molar-refractivity contribution in [3.8, 4) is 5.75 Å². The molecule has 2 rings (SSSR count). The maximum absolute atomic E-state index is 12.0. The van der Waals surface area contributed by atoms with E-state index in [4.69, 9.17) is 4.74 Å². The third kappa shape index (κ3) is 7.26. The van der Waals surface area contributed by atoms with Crippen LogP contribution in [0.1, 0.15) is 29.8 Å². The van der Waals surface area contributed by atoms with Gasteiger partial charge in [0.25, 0.3) is 5.91 Å². The first kappa shape index (κ1) is 21.2. The van der Waals surface area contributed by atoms with E-state index in [1.54, 1.807) is 24.5 Å². The number of guanidine groups is 1. The van der Waals surface area contributed by atoms with Crippen molar-refractivity contribution < 1.29 is 9.53 Å². The zero-order valence-corrected chi connectivity index (χ0v) is 16.7. The summed E-state index contributed by atoms with van der Waals surface area (Å²) in [5.74, 6) is 1.43. The highest BCUT2D eigenvalue weighted by Crippen LogP contribution is 2.17. The number of carbonyl (C=O) groups excluding carboxylic acids is 1. The highest BCUT2D eigenvalue weighted by atomic mass is 16.5. The second-order valence-electron chi connectivity index (χ2n) is 6.34. The third-order valence-corrected chi connectivity index (χ3v) is 3.90. The number of carbonyl (C=O) groups is 1. The van der Waals surface area contributed by atoms with Gasteiger partial charge in [-0.15, -0.1) is 0 Å². The van der Waals surface area contributed by atoms with Crippen molar-refractivity contribution in [2.45, 2.75) is 26.9 Å². The Morgan fingerprint density at radius 3 is 2.64 bits per heavy atom. The predicted octanol–water partition coefficient (Wildman–Crippen LogP) is 2.14. The van der Waals surface area contributed by atoms with E-state index in [0.717, 1.165) is 17.9 Å². The van der Waals surface area contributed by atoms with E-state index in [1.165, 1.54) is 0 Å². The summed E-state index contributed by atoms with van der Waals surface area (Å²) in [6.45, 7) is 8.34. The van der Waals surface area contributed by atoms with Crippen molar-refractivity contribution in [3.05, 3.63) is 59.9 Å². The molecule has 0 radical (unpaired) electrons. The molecule has 0 aliphatic carbocycles. The molecule has 0 aliphatic rings. The first-order chi connectivity index (χ1) is 13.6. The molecule has 7 nitrogen and oxygen atoms in total. The Kier molecular flexibility index (Phi) is 8.78. The molecule has 1 aromatic carbocycles. The largest absolute Gasteiger partial charge is 0.489 e. The number of rotatable bonds is 9. The van der Waals surface area contributed by atoms with Gasteiger partial charge in [0, 0.05) is 32.0 Å². The van der Waals surface area contributed by atoms with E-state index >= 15 is 0 Å². The number of ether oxygens (including phenoxy) is 1. The van der Waals surface area contributed by atoms with Crippen LogP contribution in [0.25, 0.3) is 0 Å². The summed E-state index contributed by atoms with van der Waals surface area (Å²) in [6, 6.07) is 11.4. The minimum atomic E-state index is -0.142. The number of aryl methyl sites for hydroxylation is 1. The molecule has 28 heavy (non-hydrogen) atoms. The van der Waals surface area contributed by atoms with Crippen LogP contribution in [0, 0.1) is 6.92 Å². The summed E-state index contributed by atoms with van der Waals surface area (Å²) in [5.41, 5.74) is 1.65. The minimum absolute atomic E-state index is 0.0539. The Balaban J connectivity index is 1.76. The minimum Gasteiger partial charge on any atom is -0.489 e. The summed E-state index contributed by atoms with van der Waals surface area (Å²) in [7, 11) is 0. The number of nitrogens with one attached hydrogen (secondary N) is 3. The molecule has 150 valence electrons. The van der Waals surface area contributed by atoms with Crippen molar-refractivity contribution >= 4 is 11.9 Å². The van der Waals surface area contributed by atoms with Crippen molar-refractivity contribution in [1.82, 2.24) is 20.9 Å². The fourth-order valence-electron chi connectivity index (χ4n) is 2.46.